The molecule has 7 rings (SSSR count). The summed E-state index contributed by atoms with van der Waals surface area (Å²) in [7, 11) is 0. The summed E-state index contributed by atoms with van der Waals surface area (Å²) in [5.41, 5.74) is 11.7. The van der Waals surface area contributed by atoms with Gasteiger partial charge in [0, 0.05) is 23.7 Å². The first-order valence-corrected chi connectivity index (χ1v) is 10.7. The van der Waals surface area contributed by atoms with E-state index in [1.807, 2.05) is 6.08 Å². The summed E-state index contributed by atoms with van der Waals surface area (Å²) in [5, 5.41) is 20.2. The van der Waals surface area contributed by atoms with Crippen LogP contribution in [0, 0.1) is 22.7 Å². The Morgan fingerprint density at radius 2 is 1.17 bits per heavy atom. The molecule has 2 aromatic carbocycles. The molecule has 1 fully saturated rings. The van der Waals surface area contributed by atoms with Crippen LogP contribution in [0.5, 0.6) is 0 Å². The second kappa shape index (κ2) is 5.50. The fraction of sp³-hybridized carbons (Fsp3) is 0.214. The summed E-state index contributed by atoms with van der Waals surface area (Å²) < 4.78 is 0. The smallest absolute Gasteiger partial charge is 0.101 e. The minimum Gasteiger partial charge on any atom is -0.192 e. The highest BCUT2D eigenvalue weighted by Crippen LogP contribution is 2.63. The first-order valence-electron chi connectivity index (χ1n) is 10.7. The van der Waals surface area contributed by atoms with Gasteiger partial charge in [-0.1, -0.05) is 54.6 Å². The van der Waals surface area contributed by atoms with Gasteiger partial charge in [0.15, 0.2) is 0 Å². The molecule has 0 aromatic heterocycles. The van der Waals surface area contributed by atoms with Gasteiger partial charge in [0.2, 0.25) is 0 Å². The Morgan fingerprint density at radius 1 is 0.633 bits per heavy atom. The second-order valence-electron chi connectivity index (χ2n) is 9.02. The van der Waals surface area contributed by atoms with Gasteiger partial charge in [-0.25, -0.2) is 0 Å². The van der Waals surface area contributed by atoms with Crippen molar-refractivity contribution in [2.75, 3.05) is 0 Å². The normalized spacial score (nSPS) is 32.6. The quantitative estimate of drug-likeness (QED) is 0.556. The van der Waals surface area contributed by atoms with Gasteiger partial charge in [0.1, 0.15) is 12.1 Å². The zero-order chi connectivity index (χ0) is 20.0. The molecule has 0 spiro atoms. The van der Waals surface area contributed by atoms with E-state index < -0.39 is 0 Å². The van der Waals surface area contributed by atoms with Gasteiger partial charge in [-0.15, -0.1) is 0 Å². The summed E-state index contributed by atoms with van der Waals surface area (Å²) in [6.07, 6.45) is 6.56. The van der Waals surface area contributed by atoms with Crippen LogP contribution in [0.15, 0.2) is 94.1 Å². The summed E-state index contributed by atoms with van der Waals surface area (Å²) in [4.78, 5) is 0. The number of allylic oxidation sites excluding steroid dienone is 8. The molecule has 4 atom stereocenters. The molecule has 0 N–H and O–H groups in total. The van der Waals surface area contributed by atoms with Gasteiger partial charge < -0.3 is 0 Å². The van der Waals surface area contributed by atoms with E-state index in [0.717, 1.165) is 18.4 Å². The molecule has 1 saturated carbocycles. The van der Waals surface area contributed by atoms with Crippen LogP contribution < -0.4 is 0 Å². The first-order chi connectivity index (χ1) is 14.8. The van der Waals surface area contributed by atoms with Crippen LogP contribution >= 0.6 is 0 Å². The van der Waals surface area contributed by atoms with Crippen molar-refractivity contribution in [1.82, 2.24) is 0 Å². The van der Waals surface area contributed by atoms with Crippen LogP contribution in [0.2, 0.25) is 0 Å². The summed E-state index contributed by atoms with van der Waals surface area (Å²) >= 11 is 0. The van der Waals surface area contributed by atoms with E-state index in [1.165, 1.54) is 39.0 Å². The van der Waals surface area contributed by atoms with Crippen LogP contribution in [0.1, 0.15) is 58.8 Å². The number of nitrogens with zero attached hydrogens (tertiary/aromatic N) is 2. The molecule has 5 aliphatic carbocycles. The van der Waals surface area contributed by atoms with E-state index in [2.05, 4.69) is 66.7 Å². The Labute approximate surface area is 175 Å². The molecule has 30 heavy (non-hydrogen) atoms. The molecule has 2 aromatic rings. The fourth-order valence-electron chi connectivity index (χ4n) is 6.83. The molecule has 0 radical (unpaired) electrons. The SMILES string of the molecule is N#CC1=C(C#N)C2=C(/C=C3\C(=C/1)C1CC3c3ccccc31)C1CC2c2ccccc21. The minimum atomic E-state index is 0.233. The number of fused-ring (bicyclic) bond motifs is 15. The third-order valence-electron chi connectivity index (χ3n) is 7.94. The maximum atomic E-state index is 10.1. The lowest BCUT2D eigenvalue weighted by atomic mass is 9.76. The number of hydrogen-bond acceptors (Lipinski definition) is 2. The molecule has 0 saturated heterocycles. The van der Waals surface area contributed by atoms with Crippen molar-refractivity contribution in [3.63, 3.8) is 0 Å². The third-order valence-corrected chi connectivity index (χ3v) is 7.94. The van der Waals surface area contributed by atoms with Crippen LogP contribution in [-0.2, 0) is 0 Å². The molecular weight excluding hydrogens is 364 g/mol. The zero-order valence-electron chi connectivity index (χ0n) is 16.4. The number of nitriles is 2. The van der Waals surface area contributed by atoms with Crippen molar-refractivity contribution in [1.29, 1.82) is 10.5 Å². The minimum absolute atomic E-state index is 0.233. The monoisotopic (exact) mass is 382 g/mol. The lowest BCUT2D eigenvalue weighted by Gasteiger charge is -2.27. The molecule has 2 nitrogen and oxygen atoms in total. The topological polar surface area (TPSA) is 47.6 Å². The number of hydrogen-bond donors (Lipinski definition) is 0. The molecule has 0 heterocycles. The van der Waals surface area contributed by atoms with Gasteiger partial charge in [-0.05, 0) is 63.5 Å². The molecular formula is C28H18N2. The Hall–Kier alpha value is -3.62. The maximum absolute atomic E-state index is 10.1. The molecule has 0 aliphatic heterocycles. The molecule has 140 valence electrons. The Balaban J connectivity index is 1.52. The first kappa shape index (κ1) is 16.2. The van der Waals surface area contributed by atoms with Gasteiger partial charge in [0.25, 0.3) is 0 Å². The van der Waals surface area contributed by atoms with Crippen LogP contribution in [0.25, 0.3) is 0 Å². The number of benzene rings is 2. The highest BCUT2D eigenvalue weighted by molar-refractivity contribution is 5.74. The van der Waals surface area contributed by atoms with Crippen molar-refractivity contribution in [2.24, 2.45) is 0 Å². The average Bonchev–Trinajstić information content (AvgIpc) is 3.51. The second-order valence-corrected chi connectivity index (χ2v) is 9.02. The number of rotatable bonds is 0. The predicted octanol–water partition coefficient (Wildman–Crippen LogP) is 6.06. The maximum Gasteiger partial charge on any atom is 0.101 e. The van der Waals surface area contributed by atoms with Crippen molar-refractivity contribution >= 4 is 0 Å². The lowest BCUT2D eigenvalue weighted by molar-refractivity contribution is 0.780. The van der Waals surface area contributed by atoms with E-state index in [1.54, 1.807) is 0 Å². The van der Waals surface area contributed by atoms with Gasteiger partial charge in [-0.3, -0.25) is 0 Å². The molecule has 0 amide bonds. The van der Waals surface area contributed by atoms with Crippen molar-refractivity contribution in [2.45, 2.75) is 36.5 Å². The molecule has 5 aliphatic rings. The van der Waals surface area contributed by atoms with Gasteiger partial charge in [-0.2, -0.15) is 10.5 Å². The fourth-order valence-corrected chi connectivity index (χ4v) is 6.83. The van der Waals surface area contributed by atoms with E-state index in [0.29, 0.717) is 28.9 Å². The predicted molar refractivity (Wildman–Crippen MR) is 115 cm³/mol. The highest BCUT2D eigenvalue weighted by atomic mass is 14.5. The molecule has 4 unspecified atom stereocenters. The van der Waals surface area contributed by atoms with Crippen molar-refractivity contribution in [3.8, 4) is 12.1 Å². The lowest BCUT2D eigenvalue weighted by Crippen LogP contribution is -2.11. The van der Waals surface area contributed by atoms with Crippen LogP contribution in [-0.4, -0.2) is 0 Å². The van der Waals surface area contributed by atoms with E-state index in [4.69, 9.17) is 0 Å². The Morgan fingerprint density at radius 3 is 1.77 bits per heavy atom. The van der Waals surface area contributed by atoms with Crippen LogP contribution in [0.3, 0.4) is 0 Å². The van der Waals surface area contributed by atoms with Crippen molar-refractivity contribution in [3.05, 3.63) is 116 Å². The van der Waals surface area contributed by atoms with E-state index in [-0.39, 0.29) is 5.92 Å². The molecule has 4 bridgehead atoms. The Kier molecular flexibility index (Phi) is 2.97. The van der Waals surface area contributed by atoms with Crippen LogP contribution in [0.4, 0.5) is 0 Å². The summed E-state index contributed by atoms with van der Waals surface area (Å²) in [6, 6.07) is 22.2. The van der Waals surface area contributed by atoms with E-state index >= 15 is 0 Å². The summed E-state index contributed by atoms with van der Waals surface area (Å²) in [5.74, 6) is 1.32. The standard InChI is InChI=1S/C28H18N2/c29-13-15-9-20-21-10-22(17-6-2-1-5-16(17)21)24(20)12-26-23-11-25(28(26)27(15)14-30)19-8-4-3-7-18(19)23/h1-9,12,21-23,25H,10-11H2/b15-9?,20-9-,24-12+,26-12?,27-15?,28-27?. The largest absolute Gasteiger partial charge is 0.192 e. The third kappa shape index (κ3) is 1.79. The highest BCUT2D eigenvalue weighted by Gasteiger charge is 2.48. The Bertz CT molecular complexity index is 1380. The zero-order valence-corrected chi connectivity index (χ0v) is 16.4. The van der Waals surface area contributed by atoms with E-state index in [9.17, 15) is 10.5 Å². The molecule has 2 heteroatoms. The van der Waals surface area contributed by atoms with Gasteiger partial charge in [0.05, 0.1) is 11.1 Å². The summed E-state index contributed by atoms with van der Waals surface area (Å²) in [6.45, 7) is 0. The van der Waals surface area contributed by atoms with Gasteiger partial charge >= 0.3 is 0 Å². The van der Waals surface area contributed by atoms with Crippen molar-refractivity contribution < 1.29 is 0 Å². The average molecular weight is 382 g/mol.